The molecule has 0 atom stereocenters. The van der Waals surface area contributed by atoms with Crippen molar-refractivity contribution in [1.82, 2.24) is 24.5 Å². The average Bonchev–Trinajstić information content (AvgIpc) is 2.58. The fourth-order valence-corrected chi connectivity index (χ4v) is 1.62. The molecule has 0 fully saturated rings. The SMILES string of the molecule is Cc1nc(Cl)cc(=O)n1Cc1cn(C)nn1. The van der Waals surface area contributed by atoms with E-state index in [2.05, 4.69) is 15.3 Å². The maximum Gasteiger partial charge on any atom is 0.255 e. The second kappa shape index (κ2) is 4.05. The third kappa shape index (κ3) is 2.11. The van der Waals surface area contributed by atoms with Crippen molar-refractivity contribution in [2.24, 2.45) is 7.05 Å². The van der Waals surface area contributed by atoms with Crippen molar-refractivity contribution in [2.75, 3.05) is 0 Å². The van der Waals surface area contributed by atoms with Gasteiger partial charge in [-0.15, -0.1) is 5.10 Å². The number of aryl methyl sites for hydroxylation is 2. The fourth-order valence-electron chi connectivity index (χ4n) is 1.41. The molecule has 0 bridgehead atoms. The molecule has 16 heavy (non-hydrogen) atoms. The Morgan fingerprint density at radius 2 is 2.25 bits per heavy atom. The highest BCUT2D eigenvalue weighted by Crippen LogP contribution is 2.03. The minimum atomic E-state index is -0.192. The van der Waals surface area contributed by atoms with Gasteiger partial charge in [0.1, 0.15) is 16.7 Å². The third-order valence-electron chi connectivity index (χ3n) is 2.14. The Balaban J connectivity index is 2.38. The Morgan fingerprint density at radius 1 is 1.50 bits per heavy atom. The van der Waals surface area contributed by atoms with Crippen LogP contribution in [-0.4, -0.2) is 24.5 Å². The number of aromatic nitrogens is 5. The van der Waals surface area contributed by atoms with Gasteiger partial charge in [0, 0.05) is 19.3 Å². The number of nitrogens with zero attached hydrogens (tertiary/aromatic N) is 5. The van der Waals surface area contributed by atoms with Gasteiger partial charge in [-0.2, -0.15) is 0 Å². The maximum absolute atomic E-state index is 11.7. The lowest BCUT2D eigenvalue weighted by atomic mass is 10.4. The summed E-state index contributed by atoms with van der Waals surface area (Å²) >= 11 is 5.67. The van der Waals surface area contributed by atoms with Crippen molar-refractivity contribution in [2.45, 2.75) is 13.5 Å². The molecule has 0 spiro atoms. The first kappa shape index (κ1) is 10.8. The van der Waals surface area contributed by atoms with E-state index in [-0.39, 0.29) is 10.7 Å². The van der Waals surface area contributed by atoms with E-state index < -0.39 is 0 Å². The van der Waals surface area contributed by atoms with Gasteiger partial charge in [-0.05, 0) is 6.92 Å². The van der Waals surface area contributed by atoms with Crippen LogP contribution in [0.5, 0.6) is 0 Å². The van der Waals surface area contributed by atoms with Crippen LogP contribution in [0.3, 0.4) is 0 Å². The van der Waals surface area contributed by atoms with Crippen LogP contribution in [0.4, 0.5) is 0 Å². The van der Waals surface area contributed by atoms with Gasteiger partial charge in [0.25, 0.3) is 5.56 Å². The Kier molecular flexibility index (Phi) is 2.74. The monoisotopic (exact) mass is 239 g/mol. The van der Waals surface area contributed by atoms with E-state index >= 15 is 0 Å². The zero-order valence-corrected chi connectivity index (χ0v) is 9.64. The first-order valence-electron chi connectivity index (χ1n) is 4.65. The smallest absolute Gasteiger partial charge is 0.255 e. The first-order valence-corrected chi connectivity index (χ1v) is 5.03. The molecule has 2 aromatic heterocycles. The zero-order valence-electron chi connectivity index (χ0n) is 8.88. The number of hydrogen-bond donors (Lipinski definition) is 0. The standard InChI is InChI=1S/C9H10ClN5O/c1-6-11-8(10)3-9(16)15(6)5-7-4-14(2)13-12-7/h3-4H,5H2,1-2H3. The van der Waals surface area contributed by atoms with Gasteiger partial charge in [0.2, 0.25) is 0 Å². The molecule has 2 heterocycles. The summed E-state index contributed by atoms with van der Waals surface area (Å²) in [5.74, 6) is 0.558. The summed E-state index contributed by atoms with van der Waals surface area (Å²) in [6.45, 7) is 2.08. The fraction of sp³-hybridized carbons (Fsp3) is 0.333. The molecule has 0 aliphatic heterocycles. The van der Waals surface area contributed by atoms with Crippen molar-refractivity contribution >= 4 is 11.6 Å². The zero-order chi connectivity index (χ0) is 11.7. The minimum absolute atomic E-state index is 0.192. The van der Waals surface area contributed by atoms with Crippen LogP contribution in [0.2, 0.25) is 5.15 Å². The lowest BCUT2D eigenvalue weighted by molar-refractivity contribution is 0.679. The van der Waals surface area contributed by atoms with Gasteiger partial charge in [-0.25, -0.2) is 4.98 Å². The summed E-state index contributed by atoms with van der Waals surface area (Å²) < 4.78 is 3.08. The largest absolute Gasteiger partial charge is 0.291 e. The normalized spacial score (nSPS) is 10.7. The molecule has 0 saturated heterocycles. The van der Waals surface area contributed by atoms with Crippen molar-refractivity contribution in [3.63, 3.8) is 0 Å². The molecular formula is C9H10ClN5O. The quantitative estimate of drug-likeness (QED) is 0.711. The lowest BCUT2D eigenvalue weighted by Crippen LogP contribution is -2.23. The minimum Gasteiger partial charge on any atom is -0.291 e. The van der Waals surface area contributed by atoms with Gasteiger partial charge >= 0.3 is 0 Å². The predicted octanol–water partition coefficient (Wildman–Crippen LogP) is 0.382. The van der Waals surface area contributed by atoms with Crippen molar-refractivity contribution in [1.29, 1.82) is 0 Å². The Morgan fingerprint density at radius 3 is 2.81 bits per heavy atom. The molecule has 0 saturated carbocycles. The molecule has 2 aromatic rings. The summed E-state index contributed by atoms with van der Waals surface area (Å²) in [5.41, 5.74) is 0.514. The van der Waals surface area contributed by atoms with Gasteiger partial charge in [0.05, 0.1) is 6.54 Å². The number of halogens is 1. The molecule has 0 radical (unpaired) electrons. The van der Waals surface area contributed by atoms with E-state index in [1.807, 2.05) is 0 Å². The maximum atomic E-state index is 11.7. The highest BCUT2D eigenvalue weighted by Gasteiger charge is 2.06. The summed E-state index contributed by atoms with van der Waals surface area (Å²) in [4.78, 5) is 15.7. The van der Waals surface area contributed by atoms with E-state index in [0.29, 0.717) is 18.1 Å². The van der Waals surface area contributed by atoms with Crippen molar-refractivity contribution < 1.29 is 0 Å². The summed E-state index contributed by atoms with van der Waals surface area (Å²) in [7, 11) is 1.77. The second-order valence-corrected chi connectivity index (χ2v) is 3.82. The molecule has 0 aromatic carbocycles. The highest BCUT2D eigenvalue weighted by molar-refractivity contribution is 6.29. The van der Waals surface area contributed by atoms with Crippen molar-refractivity contribution in [3.8, 4) is 0 Å². The summed E-state index contributed by atoms with van der Waals surface area (Å²) in [6, 6.07) is 1.28. The molecule has 7 heteroatoms. The highest BCUT2D eigenvalue weighted by atomic mass is 35.5. The van der Waals surface area contributed by atoms with Gasteiger partial charge in [-0.3, -0.25) is 14.0 Å². The molecule has 0 unspecified atom stereocenters. The average molecular weight is 240 g/mol. The number of hydrogen-bond acceptors (Lipinski definition) is 4. The lowest BCUT2D eigenvalue weighted by Gasteiger charge is -2.06. The second-order valence-electron chi connectivity index (χ2n) is 3.43. The van der Waals surface area contributed by atoms with E-state index in [4.69, 9.17) is 11.6 Å². The molecule has 2 rings (SSSR count). The van der Waals surface area contributed by atoms with Gasteiger partial charge in [0.15, 0.2) is 0 Å². The third-order valence-corrected chi connectivity index (χ3v) is 2.33. The molecule has 0 aliphatic rings. The van der Waals surface area contributed by atoms with Crippen molar-refractivity contribution in [3.05, 3.63) is 39.3 Å². The molecule has 0 N–H and O–H groups in total. The first-order chi connectivity index (χ1) is 7.56. The van der Waals surface area contributed by atoms with Crippen LogP contribution in [0, 0.1) is 6.92 Å². The molecule has 0 aliphatic carbocycles. The van der Waals surface area contributed by atoms with Gasteiger partial charge < -0.3 is 0 Å². The Hall–Kier alpha value is -1.69. The van der Waals surface area contributed by atoms with Crippen LogP contribution in [0.15, 0.2) is 17.1 Å². The predicted molar refractivity (Wildman–Crippen MR) is 58.3 cm³/mol. The van der Waals surface area contributed by atoms with Crippen LogP contribution in [0.1, 0.15) is 11.5 Å². The van der Waals surface area contributed by atoms with E-state index in [9.17, 15) is 4.79 Å². The van der Waals surface area contributed by atoms with Crippen LogP contribution in [-0.2, 0) is 13.6 Å². The molecular weight excluding hydrogens is 230 g/mol. The molecule has 84 valence electrons. The van der Waals surface area contributed by atoms with E-state index in [0.717, 1.165) is 0 Å². The van der Waals surface area contributed by atoms with E-state index in [1.165, 1.54) is 10.6 Å². The summed E-state index contributed by atoms with van der Waals surface area (Å²) in [5, 5.41) is 7.91. The Labute approximate surface area is 96.5 Å². The topological polar surface area (TPSA) is 65.6 Å². The Bertz CT molecular complexity index is 574. The van der Waals surface area contributed by atoms with E-state index in [1.54, 1.807) is 24.9 Å². The summed E-state index contributed by atoms with van der Waals surface area (Å²) in [6.07, 6.45) is 1.75. The van der Waals surface area contributed by atoms with Crippen LogP contribution < -0.4 is 5.56 Å². The number of rotatable bonds is 2. The van der Waals surface area contributed by atoms with Crippen LogP contribution >= 0.6 is 11.6 Å². The molecule has 0 amide bonds. The molecule has 6 nitrogen and oxygen atoms in total. The van der Waals surface area contributed by atoms with Gasteiger partial charge in [-0.1, -0.05) is 16.8 Å². The van der Waals surface area contributed by atoms with Crippen LogP contribution in [0.25, 0.3) is 0 Å².